The first-order valence-corrected chi connectivity index (χ1v) is 5.81. The number of aryl methyl sites for hydroxylation is 1. The molecule has 0 saturated heterocycles. The molecule has 2 heteroatoms. The van der Waals surface area contributed by atoms with Gasteiger partial charge in [0, 0.05) is 6.42 Å². The third kappa shape index (κ3) is 1.84. The van der Waals surface area contributed by atoms with E-state index in [2.05, 4.69) is 19.1 Å². The van der Waals surface area contributed by atoms with Crippen LogP contribution in [0.3, 0.4) is 0 Å². The van der Waals surface area contributed by atoms with Gasteiger partial charge in [0.15, 0.2) is 0 Å². The summed E-state index contributed by atoms with van der Waals surface area (Å²) in [6.07, 6.45) is 5.02. The summed E-state index contributed by atoms with van der Waals surface area (Å²) in [6.45, 7) is 2.18. The Hall–Kier alpha value is -1.31. The zero-order valence-electron chi connectivity index (χ0n) is 9.95. The van der Waals surface area contributed by atoms with Crippen molar-refractivity contribution in [3.05, 3.63) is 29.3 Å². The van der Waals surface area contributed by atoms with Crippen LogP contribution in [0.5, 0.6) is 5.75 Å². The van der Waals surface area contributed by atoms with Crippen molar-refractivity contribution in [1.29, 1.82) is 0 Å². The number of ether oxygens (including phenoxy) is 1. The lowest BCUT2D eigenvalue weighted by molar-refractivity contribution is -0.108. The van der Waals surface area contributed by atoms with E-state index < -0.39 is 0 Å². The Morgan fingerprint density at radius 2 is 2.31 bits per heavy atom. The zero-order valence-corrected chi connectivity index (χ0v) is 9.95. The van der Waals surface area contributed by atoms with E-state index in [1.54, 1.807) is 7.11 Å². The minimum Gasteiger partial charge on any atom is -0.497 e. The maximum absolute atomic E-state index is 10.8. The van der Waals surface area contributed by atoms with Crippen molar-refractivity contribution in [1.82, 2.24) is 0 Å². The van der Waals surface area contributed by atoms with Crippen LogP contribution in [-0.2, 0) is 16.6 Å². The summed E-state index contributed by atoms with van der Waals surface area (Å²) in [5.74, 6) is 0.887. The van der Waals surface area contributed by atoms with E-state index in [4.69, 9.17) is 4.74 Å². The molecule has 0 N–H and O–H groups in total. The summed E-state index contributed by atoms with van der Waals surface area (Å²) in [4.78, 5) is 10.8. The number of hydrogen-bond donors (Lipinski definition) is 0. The number of methoxy groups -OCH3 is 1. The topological polar surface area (TPSA) is 26.3 Å². The number of benzene rings is 1. The first-order chi connectivity index (χ1) is 7.69. The Morgan fingerprint density at radius 3 is 3.00 bits per heavy atom. The van der Waals surface area contributed by atoms with Crippen molar-refractivity contribution >= 4 is 6.29 Å². The van der Waals surface area contributed by atoms with Gasteiger partial charge >= 0.3 is 0 Å². The molecular formula is C14H18O2. The van der Waals surface area contributed by atoms with Crippen molar-refractivity contribution in [3.63, 3.8) is 0 Å². The Bertz CT molecular complexity index is 398. The van der Waals surface area contributed by atoms with Gasteiger partial charge in [-0.1, -0.05) is 13.0 Å². The van der Waals surface area contributed by atoms with Crippen LogP contribution in [0.15, 0.2) is 18.2 Å². The minimum atomic E-state index is 0.00384. The monoisotopic (exact) mass is 218 g/mol. The molecule has 0 radical (unpaired) electrons. The fourth-order valence-electron chi connectivity index (χ4n) is 2.66. The highest BCUT2D eigenvalue weighted by Crippen LogP contribution is 2.40. The normalized spacial score (nSPS) is 23.6. The van der Waals surface area contributed by atoms with Crippen LogP contribution >= 0.6 is 0 Å². The average Bonchev–Trinajstić information content (AvgIpc) is 2.29. The molecule has 0 aromatic heterocycles. The van der Waals surface area contributed by atoms with Crippen molar-refractivity contribution < 1.29 is 9.53 Å². The number of hydrogen-bond acceptors (Lipinski definition) is 2. The van der Waals surface area contributed by atoms with Crippen molar-refractivity contribution in [2.45, 2.75) is 38.0 Å². The lowest BCUT2D eigenvalue weighted by Crippen LogP contribution is -2.28. The molecule has 1 aromatic carbocycles. The Balaban J connectivity index is 2.46. The molecule has 0 aliphatic heterocycles. The van der Waals surface area contributed by atoms with Gasteiger partial charge < -0.3 is 9.53 Å². The number of rotatable bonds is 3. The van der Waals surface area contributed by atoms with Crippen molar-refractivity contribution in [2.24, 2.45) is 0 Å². The molecule has 0 unspecified atom stereocenters. The quantitative estimate of drug-likeness (QED) is 0.729. The molecule has 2 nitrogen and oxygen atoms in total. The molecule has 0 bridgehead atoms. The summed E-state index contributed by atoms with van der Waals surface area (Å²) in [5.41, 5.74) is 2.67. The SMILES string of the molecule is COc1ccc2c(c1)[C@@](C)(CC=O)CCC2. The van der Waals surface area contributed by atoms with E-state index in [0.29, 0.717) is 6.42 Å². The van der Waals surface area contributed by atoms with E-state index in [1.165, 1.54) is 17.5 Å². The second kappa shape index (κ2) is 4.28. The van der Waals surface area contributed by atoms with Gasteiger partial charge in [0.1, 0.15) is 12.0 Å². The molecule has 1 aliphatic rings. The van der Waals surface area contributed by atoms with Crippen molar-refractivity contribution in [2.75, 3.05) is 7.11 Å². The predicted molar refractivity (Wildman–Crippen MR) is 64.0 cm³/mol. The van der Waals surface area contributed by atoms with E-state index in [0.717, 1.165) is 24.9 Å². The van der Waals surface area contributed by atoms with Crippen LogP contribution in [0.1, 0.15) is 37.3 Å². The van der Waals surface area contributed by atoms with Gasteiger partial charge in [-0.3, -0.25) is 0 Å². The largest absolute Gasteiger partial charge is 0.497 e. The summed E-state index contributed by atoms with van der Waals surface area (Å²) in [6, 6.07) is 6.24. The van der Waals surface area contributed by atoms with Gasteiger partial charge in [-0.15, -0.1) is 0 Å². The van der Waals surface area contributed by atoms with E-state index in [1.807, 2.05) is 6.07 Å². The summed E-state index contributed by atoms with van der Waals surface area (Å²) in [5, 5.41) is 0. The van der Waals surface area contributed by atoms with E-state index >= 15 is 0 Å². The van der Waals surface area contributed by atoms with Gasteiger partial charge in [-0.25, -0.2) is 0 Å². The standard InChI is InChI=1S/C14H18O2/c1-14(8-9-15)7-3-4-11-5-6-12(16-2)10-13(11)14/h5-6,9-10H,3-4,7-8H2,1-2H3/t14-/m1/s1. The lowest BCUT2D eigenvalue weighted by atomic mass is 9.69. The predicted octanol–water partition coefficient (Wildman–Crippen LogP) is 2.88. The molecule has 0 fully saturated rings. The van der Waals surface area contributed by atoms with Gasteiger partial charge in [0.25, 0.3) is 0 Å². The van der Waals surface area contributed by atoms with Gasteiger partial charge in [0.05, 0.1) is 7.11 Å². The van der Waals surface area contributed by atoms with Gasteiger partial charge in [-0.05, 0) is 47.9 Å². The Labute approximate surface area is 96.6 Å². The van der Waals surface area contributed by atoms with E-state index in [-0.39, 0.29) is 5.41 Å². The van der Waals surface area contributed by atoms with Gasteiger partial charge in [0.2, 0.25) is 0 Å². The number of aldehydes is 1. The highest BCUT2D eigenvalue weighted by molar-refractivity contribution is 5.55. The molecule has 2 rings (SSSR count). The molecule has 0 amide bonds. The summed E-state index contributed by atoms with van der Waals surface area (Å²) < 4.78 is 5.26. The van der Waals surface area contributed by atoms with Crippen LogP contribution in [0.4, 0.5) is 0 Å². The molecule has 16 heavy (non-hydrogen) atoms. The van der Waals surface area contributed by atoms with Crippen LogP contribution < -0.4 is 4.74 Å². The molecule has 0 heterocycles. The molecule has 1 aromatic rings. The zero-order chi connectivity index (χ0) is 11.6. The first kappa shape index (κ1) is 11.2. The number of carbonyl (C=O) groups excluding carboxylic acids is 1. The molecule has 0 saturated carbocycles. The Kier molecular flexibility index (Phi) is 2.99. The molecular weight excluding hydrogens is 200 g/mol. The lowest BCUT2D eigenvalue weighted by Gasteiger charge is -2.34. The maximum Gasteiger partial charge on any atom is 0.120 e. The highest BCUT2D eigenvalue weighted by atomic mass is 16.5. The molecule has 1 aliphatic carbocycles. The van der Waals surface area contributed by atoms with Crippen molar-refractivity contribution in [3.8, 4) is 5.75 Å². The van der Waals surface area contributed by atoms with E-state index in [9.17, 15) is 4.79 Å². The average molecular weight is 218 g/mol. The second-order valence-electron chi connectivity index (χ2n) is 4.81. The second-order valence-corrected chi connectivity index (χ2v) is 4.81. The fourth-order valence-corrected chi connectivity index (χ4v) is 2.66. The first-order valence-electron chi connectivity index (χ1n) is 5.81. The third-order valence-corrected chi connectivity index (χ3v) is 3.68. The molecule has 1 atom stereocenters. The molecule has 0 spiro atoms. The van der Waals surface area contributed by atoms with Crippen LogP contribution in [0.2, 0.25) is 0 Å². The number of fused-ring (bicyclic) bond motifs is 1. The maximum atomic E-state index is 10.8. The Morgan fingerprint density at radius 1 is 1.50 bits per heavy atom. The smallest absolute Gasteiger partial charge is 0.120 e. The number of carbonyl (C=O) groups is 1. The minimum absolute atomic E-state index is 0.00384. The van der Waals surface area contributed by atoms with Crippen LogP contribution in [-0.4, -0.2) is 13.4 Å². The van der Waals surface area contributed by atoms with Crippen LogP contribution in [0, 0.1) is 0 Å². The van der Waals surface area contributed by atoms with Crippen LogP contribution in [0.25, 0.3) is 0 Å². The summed E-state index contributed by atoms with van der Waals surface area (Å²) in [7, 11) is 1.68. The third-order valence-electron chi connectivity index (χ3n) is 3.68. The fraction of sp³-hybridized carbons (Fsp3) is 0.500. The highest BCUT2D eigenvalue weighted by Gasteiger charge is 2.31. The van der Waals surface area contributed by atoms with Gasteiger partial charge in [-0.2, -0.15) is 0 Å². The molecule has 86 valence electrons. The summed E-state index contributed by atoms with van der Waals surface area (Å²) >= 11 is 0.